The molecular weight excluding hydrogens is 380 g/mol. The second kappa shape index (κ2) is 24.4. The third kappa shape index (κ3) is 22.4. The zero-order valence-electron chi connectivity index (χ0n) is 15.4. The normalized spacial score (nSPS) is 7.60. The number of aromatic nitrogens is 1. The SMILES string of the molecule is CCCC(=O)O.CCCC(=O)O.S.[Na+].[Na+].[S-2].c1ccc2[nH]ccc2c1. The second-order valence-electron chi connectivity index (χ2n) is 4.35. The molecule has 3 N–H and O–H groups in total. The van der Waals surface area contributed by atoms with Gasteiger partial charge in [0.15, 0.2) is 0 Å². The maximum atomic E-state index is 9.60. The molecule has 2 aromatic rings. The molecule has 0 aliphatic carbocycles. The molecule has 0 atom stereocenters. The van der Waals surface area contributed by atoms with E-state index in [2.05, 4.69) is 23.2 Å². The van der Waals surface area contributed by atoms with Gasteiger partial charge in [0, 0.05) is 24.6 Å². The van der Waals surface area contributed by atoms with Gasteiger partial charge in [0.05, 0.1) is 0 Å². The predicted molar refractivity (Wildman–Crippen MR) is 101 cm³/mol. The van der Waals surface area contributed by atoms with Crippen LogP contribution in [0.1, 0.15) is 39.5 Å². The van der Waals surface area contributed by atoms with Crippen molar-refractivity contribution in [2.24, 2.45) is 0 Å². The van der Waals surface area contributed by atoms with E-state index in [1.165, 1.54) is 10.9 Å². The number of carboxylic acids is 2. The van der Waals surface area contributed by atoms with Gasteiger partial charge in [-0.2, -0.15) is 13.5 Å². The molecule has 1 aromatic heterocycles. The van der Waals surface area contributed by atoms with Crippen LogP contribution in [-0.2, 0) is 23.1 Å². The number of aromatic amines is 1. The summed E-state index contributed by atoms with van der Waals surface area (Å²) in [4.78, 5) is 22.3. The monoisotopic (exact) mass is 405 g/mol. The van der Waals surface area contributed by atoms with Gasteiger partial charge < -0.3 is 28.7 Å². The van der Waals surface area contributed by atoms with Crippen molar-refractivity contribution >= 4 is 49.8 Å². The van der Waals surface area contributed by atoms with E-state index in [0.29, 0.717) is 12.8 Å². The topological polar surface area (TPSA) is 90.4 Å². The Morgan fingerprint density at radius 3 is 1.68 bits per heavy atom. The predicted octanol–water partition coefficient (Wildman–Crippen LogP) is -1.97. The van der Waals surface area contributed by atoms with Gasteiger partial charge in [-0.1, -0.05) is 32.0 Å². The van der Waals surface area contributed by atoms with Gasteiger partial charge in [-0.15, -0.1) is 0 Å². The molecule has 132 valence electrons. The first-order valence-electron chi connectivity index (χ1n) is 6.96. The molecule has 9 heteroatoms. The maximum absolute atomic E-state index is 9.60. The van der Waals surface area contributed by atoms with E-state index in [0.717, 1.165) is 12.8 Å². The first kappa shape index (κ1) is 36.3. The quantitative estimate of drug-likeness (QED) is 0.515. The molecule has 1 aromatic carbocycles. The smallest absolute Gasteiger partial charge is 1.00 e. The van der Waals surface area contributed by atoms with Crippen molar-refractivity contribution < 1.29 is 78.9 Å². The molecule has 0 amide bonds. The fraction of sp³-hybridized carbons (Fsp3) is 0.375. The number of para-hydroxylation sites is 1. The van der Waals surface area contributed by atoms with Crippen LogP contribution in [0, 0.1) is 0 Å². The molecule has 0 saturated heterocycles. The maximum Gasteiger partial charge on any atom is 1.00 e. The van der Waals surface area contributed by atoms with Gasteiger partial charge >= 0.3 is 71.1 Å². The van der Waals surface area contributed by atoms with Crippen molar-refractivity contribution in [3.63, 3.8) is 0 Å². The Balaban J connectivity index is -0.0000000768. The van der Waals surface area contributed by atoms with Crippen LogP contribution in [0.5, 0.6) is 0 Å². The Bertz CT molecular complexity index is 507. The van der Waals surface area contributed by atoms with Crippen LogP contribution in [0.3, 0.4) is 0 Å². The van der Waals surface area contributed by atoms with Crippen LogP contribution < -0.4 is 59.1 Å². The number of aliphatic carboxylic acids is 2. The van der Waals surface area contributed by atoms with Gasteiger partial charge in [-0.3, -0.25) is 9.59 Å². The number of fused-ring (bicyclic) bond motifs is 1. The Hall–Kier alpha value is 0.400. The van der Waals surface area contributed by atoms with Crippen molar-refractivity contribution in [1.82, 2.24) is 4.98 Å². The zero-order chi connectivity index (χ0) is 16.1. The van der Waals surface area contributed by atoms with E-state index in [-0.39, 0.29) is 86.1 Å². The van der Waals surface area contributed by atoms with E-state index in [9.17, 15) is 9.59 Å². The zero-order valence-corrected chi connectivity index (χ0v) is 21.2. The summed E-state index contributed by atoms with van der Waals surface area (Å²) in [5.74, 6) is -1.42. The Kier molecular flexibility index (Phi) is 35.5. The number of nitrogens with one attached hydrogen (secondary N) is 1. The minimum Gasteiger partial charge on any atom is -2.00 e. The number of benzene rings is 1. The summed E-state index contributed by atoms with van der Waals surface area (Å²) in [5.41, 5.74) is 1.21. The van der Waals surface area contributed by atoms with Gasteiger partial charge in [0.2, 0.25) is 0 Å². The molecule has 25 heavy (non-hydrogen) atoms. The van der Waals surface area contributed by atoms with E-state index >= 15 is 0 Å². The summed E-state index contributed by atoms with van der Waals surface area (Å²) >= 11 is 0. The number of carbonyl (C=O) groups is 2. The standard InChI is InChI=1S/C8H7N.2C4H8O2.2Na.H2S.S/c1-2-4-8-7(3-1)5-6-9-8;2*1-2-3-4(5)6;;;;/h1-6,9H;2*2-3H2,1H3,(H,5,6);;;1H2;/q;;;2*+1;;-2. The molecule has 5 nitrogen and oxygen atoms in total. The molecule has 0 fully saturated rings. The van der Waals surface area contributed by atoms with Crippen LogP contribution in [0.15, 0.2) is 36.5 Å². The summed E-state index contributed by atoms with van der Waals surface area (Å²) in [7, 11) is 0. The van der Waals surface area contributed by atoms with Crippen molar-refractivity contribution in [2.75, 3.05) is 0 Å². The van der Waals surface area contributed by atoms with Crippen LogP contribution in [0.4, 0.5) is 0 Å². The minimum atomic E-state index is -0.711. The van der Waals surface area contributed by atoms with Crippen molar-refractivity contribution in [3.05, 3.63) is 36.5 Å². The Morgan fingerprint density at radius 1 is 0.920 bits per heavy atom. The van der Waals surface area contributed by atoms with Gasteiger partial charge in [0.25, 0.3) is 0 Å². The summed E-state index contributed by atoms with van der Waals surface area (Å²) in [6.45, 7) is 3.68. The third-order valence-electron chi connectivity index (χ3n) is 2.39. The van der Waals surface area contributed by atoms with E-state index in [1.54, 1.807) is 0 Å². The van der Waals surface area contributed by atoms with Crippen LogP contribution in [0.2, 0.25) is 0 Å². The summed E-state index contributed by atoms with van der Waals surface area (Å²) in [6.07, 6.45) is 4.00. The molecule has 0 spiro atoms. The van der Waals surface area contributed by atoms with Crippen molar-refractivity contribution in [2.45, 2.75) is 39.5 Å². The first-order valence-corrected chi connectivity index (χ1v) is 6.96. The molecule has 0 saturated carbocycles. The fourth-order valence-corrected chi connectivity index (χ4v) is 1.42. The van der Waals surface area contributed by atoms with Crippen molar-refractivity contribution in [3.8, 4) is 0 Å². The molecule has 0 aliphatic rings. The first-order chi connectivity index (χ1) is 10.0. The van der Waals surface area contributed by atoms with E-state index in [4.69, 9.17) is 10.2 Å². The number of H-pyrrole nitrogens is 1. The van der Waals surface area contributed by atoms with Gasteiger partial charge in [-0.25, -0.2) is 0 Å². The largest absolute Gasteiger partial charge is 2.00 e. The van der Waals surface area contributed by atoms with E-state index < -0.39 is 11.9 Å². The van der Waals surface area contributed by atoms with E-state index in [1.807, 2.05) is 32.2 Å². The Morgan fingerprint density at radius 2 is 1.36 bits per heavy atom. The van der Waals surface area contributed by atoms with Gasteiger partial charge in [0.1, 0.15) is 0 Å². The molecule has 0 unspecified atom stereocenters. The fourth-order valence-electron chi connectivity index (χ4n) is 1.42. The average molecular weight is 405 g/mol. The molecular formula is C16H25NNa2O4S2. The number of hydrogen-bond acceptors (Lipinski definition) is 2. The minimum absolute atomic E-state index is 0. The van der Waals surface area contributed by atoms with Crippen LogP contribution >= 0.6 is 13.5 Å². The van der Waals surface area contributed by atoms with Crippen molar-refractivity contribution in [1.29, 1.82) is 0 Å². The summed E-state index contributed by atoms with van der Waals surface area (Å²) in [5, 5.41) is 17.1. The number of carboxylic acid groups (broad SMARTS) is 2. The molecule has 0 bridgehead atoms. The summed E-state index contributed by atoms with van der Waals surface area (Å²) < 4.78 is 0. The molecule has 2 rings (SSSR count). The van der Waals surface area contributed by atoms with Crippen LogP contribution in [-0.4, -0.2) is 27.1 Å². The van der Waals surface area contributed by atoms with Gasteiger partial charge in [-0.05, 0) is 30.4 Å². The second-order valence-corrected chi connectivity index (χ2v) is 4.35. The van der Waals surface area contributed by atoms with Crippen LogP contribution in [0.25, 0.3) is 10.9 Å². The molecule has 1 heterocycles. The number of rotatable bonds is 4. The number of hydrogen-bond donors (Lipinski definition) is 3. The Labute approximate surface area is 207 Å². The average Bonchev–Trinajstić information content (AvgIpc) is 2.88. The molecule has 0 aliphatic heterocycles. The molecule has 0 radical (unpaired) electrons. The summed E-state index contributed by atoms with van der Waals surface area (Å²) in [6, 6.07) is 10.3. The third-order valence-corrected chi connectivity index (χ3v) is 2.39.